The lowest BCUT2D eigenvalue weighted by atomic mass is 10.2. The van der Waals surface area contributed by atoms with Crippen LogP contribution >= 0.6 is 11.6 Å². The van der Waals surface area contributed by atoms with E-state index < -0.39 is 4.92 Å². The number of nitro groups is 1. The first-order valence-corrected chi connectivity index (χ1v) is 5.54. The van der Waals surface area contributed by atoms with Crippen LogP contribution in [-0.2, 0) is 0 Å². The van der Waals surface area contributed by atoms with Crippen molar-refractivity contribution < 1.29 is 9.66 Å². The lowest BCUT2D eigenvalue weighted by Crippen LogP contribution is -1.90. The van der Waals surface area contributed by atoms with Crippen LogP contribution in [0.3, 0.4) is 0 Å². The average Bonchev–Trinajstić information content (AvgIpc) is 2.34. The van der Waals surface area contributed by atoms with Crippen molar-refractivity contribution in [1.29, 1.82) is 0 Å². The molecule has 0 atom stereocenters. The quantitative estimate of drug-likeness (QED) is 0.617. The number of hydrogen-bond acceptors (Lipinski definition) is 3. The van der Waals surface area contributed by atoms with Crippen LogP contribution in [0.2, 0.25) is 5.02 Å². The molecule has 0 unspecified atom stereocenters. The van der Waals surface area contributed by atoms with E-state index in [0.29, 0.717) is 16.5 Å². The molecule has 0 N–H and O–H groups in total. The zero-order chi connectivity index (χ0) is 13.1. The van der Waals surface area contributed by atoms with E-state index in [1.807, 2.05) is 6.92 Å². The van der Waals surface area contributed by atoms with Crippen molar-refractivity contribution in [3.63, 3.8) is 0 Å². The van der Waals surface area contributed by atoms with Crippen molar-refractivity contribution in [3.05, 3.63) is 63.2 Å². The van der Waals surface area contributed by atoms with E-state index in [1.165, 1.54) is 12.1 Å². The van der Waals surface area contributed by atoms with Gasteiger partial charge in [0.1, 0.15) is 11.5 Å². The van der Waals surface area contributed by atoms with Crippen LogP contribution in [0.5, 0.6) is 11.5 Å². The summed E-state index contributed by atoms with van der Waals surface area (Å²) in [6, 6.07) is 12.1. The summed E-state index contributed by atoms with van der Waals surface area (Å²) in [4.78, 5) is 10.1. The molecule has 0 aliphatic heterocycles. The summed E-state index contributed by atoms with van der Waals surface area (Å²) in [5, 5.41) is 11.3. The second-order valence-electron chi connectivity index (χ2n) is 3.68. The monoisotopic (exact) mass is 262 g/mol. The highest BCUT2D eigenvalue weighted by Gasteiger charge is 2.08. The molecule has 2 aromatic rings. The molecule has 5 heteroatoms. The Balaban J connectivity index is 2.25. The van der Waals surface area contributed by atoms with Gasteiger partial charge in [-0.3, -0.25) is 10.1 Å². The second kappa shape index (κ2) is 5.06. The van der Waals surface area contributed by atoms with Gasteiger partial charge in [-0.25, -0.2) is 0 Å². The maximum atomic E-state index is 10.6. The smallest absolute Gasteiger partial charge is 0.281 e. The van der Waals surface area contributed by atoms with E-state index in [-0.39, 0.29) is 5.69 Å². The fourth-order valence-corrected chi connectivity index (χ4v) is 1.54. The molecule has 0 heterocycles. The van der Waals surface area contributed by atoms with E-state index in [2.05, 4.69) is 6.07 Å². The van der Waals surface area contributed by atoms with Gasteiger partial charge < -0.3 is 4.74 Å². The van der Waals surface area contributed by atoms with Crippen LogP contribution in [0.1, 0.15) is 5.56 Å². The zero-order valence-corrected chi connectivity index (χ0v) is 10.3. The Morgan fingerprint density at radius 1 is 1.28 bits per heavy atom. The SMILES string of the molecule is Cc1cc(Oc2cc[c]c([N+](=O)[O-])c2)ccc1Cl. The van der Waals surface area contributed by atoms with Crippen LogP contribution in [0.4, 0.5) is 5.69 Å². The van der Waals surface area contributed by atoms with Crippen LogP contribution in [0, 0.1) is 23.1 Å². The molecule has 18 heavy (non-hydrogen) atoms. The number of nitro benzene ring substituents is 1. The van der Waals surface area contributed by atoms with Gasteiger partial charge in [0.2, 0.25) is 0 Å². The van der Waals surface area contributed by atoms with Gasteiger partial charge in [-0.2, -0.15) is 0 Å². The molecule has 2 aromatic carbocycles. The maximum Gasteiger partial charge on any atom is 0.281 e. The Labute approximate surface area is 109 Å². The first-order chi connectivity index (χ1) is 8.56. The molecule has 91 valence electrons. The molecule has 0 saturated heterocycles. The highest BCUT2D eigenvalue weighted by atomic mass is 35.5. The summed E-state index contributed by atoms with van der Waals surface area (Å²) in [5.74, 6) is 0.972. The number of non-ortho nitro benzene ring substituents is 1. The first kappa shape index (κ1) is 12.4. The Bertz CT molecular complexity index is 599. The summed E-state index contributed by atoms with van der Waals surface area (Å²) in [6.07, 6.45) is 0. The summed E-state index contributed by atoms with van der Waals surface area (Å²) in [6.45, 7) is 1.86. The minimum atomic E-state index is -0.514. The predicted octanol–water partition coefficient (Wildman–Crippen LogP) is 4.15. The van der Waals surface area contributed by atoms with Crippen LogP contribution in [0.15, 0.2) is 36.4 Å². The molecule has 0 aliphatic carbocycles. The number of hydrogen-bond donors (Lipinski definition) is 0. The molecule has 0 bridgehead atoms. The first-order valence-electron chi connectivity index (χ1n) is 5.16. The van der Waals surface area contributed by atoms with Gasteiger partial charge in [0, 0.05) is 5.02 Å². The number of benzene rings is 2. The Kier molecular flexibility index (Phi) is 3.48. The van der Waals surface area contributed by atoms with Crippen molar-refractivity contribution in [2.45, 2.75) is 6.92 Å². The Hall–Kier alpha value is -2.07. The second-order valence-corrected chi connectivity index (χ2v) is 4.09. The number of ether oxygens (including phenoxy) is 1. The van der Waals surface area contributed by atoms with Gasteiger partial charge in [-0.15, -0.1) is 0 Å². The third kappa shape index (κ3) is 2.78. The molecule has 0 spiro atoms. The van der Waals surface area contributed by atoms with Crippen LogP contribution in [0.25, 0.3) is 0 Å². The lowest BCUT2D eigenvalue weighted by Gasteiger charge is -2.06. The van der Waals surface area contributed by atoms with Gasteiger partial charge >= 0.3 is 0 Å². The summed E-state index contributed by atoms with van der Waals surface area (Å²) in [7, 11) is 0. The standard InChI is InChI=1S/C13H9ClNO3/c1-9-7-12(5-6-13(9)14)18-11-4-2-3-10(8-11)15(16)17/h2,4-8H,1H3. The molecule has 1 radical (unpaired) electrons. The summed E-state index contributed by atoms with van der Waals surface area (Å²) >= 11 is 5.90. The van der Waals surface area contributed by atoms with E-state index >= 15 is 0 Å². The minimum absolute atomic E-state index is 0.127. The van der Waals surface area contributed by atoms with E-state index in [0.717, 1.165) is 5.56 Å². The normalized spacial score (nSPS) is 10.1. The number of aryl methyl sites for hydroxylation is 1. The fraction of sp³-hybridized carbons (Fsp3) is 0.0769. The maximum absolute atomic E-state index is 10.6. The third-order valence-electron chi connectivity index (χ3n) is 2.32. The van der Waals surface area contributed by atoms with Gasteiger partial charge in [-0.1, -0.05) is 11.6 Å². The molecule has 0 aromatic heterocycles. The molecule has 2 rings (SSSR count). The number of halogens is 1. The van der Waals surface area contributed by atoms with E-state index in [9.17, 15) is 10.1 Å². The highest BCUT2D eigenvalue weighted by molar-refractivity contribution is 6.31. The van der Waals surface area contributed by atoms with E-state index in [1.54, 1.807) is 24.3 Å². The topological polar surface area (TPSA) is 52.4 Å². The van der Waals surface area contributed by atoms with Crippen molar-refractivity contribution in [2.24, 2.45) is 0 Å². The van der Waals surface area contributed by atoms with Crippen molar-refractivity contribution in [2.75, 3.05) is 0 Å². The van der Waals surface area contributed by atoms with E-state index in [4.69, 9.17) is 16.3 Å². The molecule has 0 saturated carbocycles. The largest absolute Gasteiger partial charge is 0.457 e. The zero-order valence-electron chi connectivity index (χ0n) is 9.51. The molecular formula is C13H9ClNO3. The van der Waals surface area contributed by atoms with Gasteiger partial charge in [0.05, 0.1) is 17.1 Å². The van der Waals surface area contributed by atoms with Gasteiger partial charge in [0.15, 0.2) is 0 Å². The highest BCUT2D eigenvalue weighted by Crippen LogP contribution is 2.27. The molecular weight excluding hydrogens is 254 g/mol. The summed E-state index contributed by atoms with van der Waals surface area (Å²) < 4.78 is 5.52. The van der Waals surface area contributed by atoms with Crippen molar-refractivity contribution >= 4 is 17.3 Å². The average molecular weight is 263 g/mol. The summed E-state index contributed by atoms with van der Waals surface area (Å²) in [5.41, 5.74) is 0.754. The molecule has 0 amide bonds. The van der Waals surface area contributed by atoms with Gasteiger partial charge in [0.25, 0.3) is 5.69 Å². The van der Waals surface area contributed by atoms with Crippen molar-refractivity contribution in [3.8, 4) is 11.5 Å². The third-order valence-corrected chi connectivity index (χ3v) is 2.74. The molecule has 0 aliphatic rings. The Morgan fingerprint density at radius 2 is 2.00 bits per heavy atom. The Morgan fingerprint density at radius 3 is 2.67 bits per heavy atom. The lowest BCUT2D eigenvalue weighted by molar-refractivity contribution is -0.385. The number of nitrogens with zero attached hydrogens (tertiary/aromatic N) is 1. The molecule has 0 fully saturated rings. The predicted molar refractivity (Wildman–Crippen MR) is 68.2 cm³/mol. The number of rotatable bonds is 3. The fourth-order valence-electron chi connectivity index (χ4n) is 1.42. The molecule has 4 nitrogen and oxygen atoms in total. The van der Waals surface area contributed by atoms with Crippen LogP contribution < -0.4 is 4.74 Å². The van der Waals surface area contributed by atoms with Gasteiger partial charge in [-0.05, 0) is 42.8 Å². The van der Waals surface area contributed by atoms with Crippen molar-refractivity contribution in [1.82, 2.24) is 0 Å². The van der Waals surface area contributed by atoms with Crippen LogP contribution in [-0.4, -0.2) is 4.92 Å². The minimum Gasteiger partial charge on any atom is -0.457 e.